The molecule has 0 aromatic carbocycles. The van der Waals surface area contributed by atoms with E-state index >= 15 is 0 Å². The molecule has 1 aliphatic rings. The van der Waals surface area contributed by atoms with Gasteiger partial charge in [0.15, 0.2) is 4.77 Å². The molecule has 0 bridgehead atoms. The second kappa shape index (κ2) is 4.35. The molecule has 1 aliphatic carbocycles. The summed E-state index contributed by atoms with van der Waals surface area (Å²) < 4.78 is 2.77. The summed E-state index contributed by atoms with van der Waals surface area (Å²) in [7, 11) is 2.12. The van der Waals surface area contributed by atoms with Crippen molar-refractivity contribution in [1.82, 2.24) is 14.8 Å². The van der Waals surface area contributed by atoms with Gasteiger partial charge in [-0.2, -0.15) is 0 Å². The van der Waals surface area contributed by atoms with Crippen molar-refractivity contribution in [1.29, 1.82) is 0 Å². The van der Waals surface area contributed by atoms with Gasteiger partial charge in [-0.3, -0.25) is 4.57 Å². The standard InChI is InChI=1S/C10H18N4S/c1-3-14-9(11-12-10(14)15)13(2)8-6-4-5-7-8/h8H,3-7H2,1-2H3,(H,12,15). The van der Waals surface area contributed by atoms with E-state index in [0.29, 0.717) is 6.04 Å². The first-order valence-corrected chi connectivity index (χ1v) is 6.03. The van der Waals surface area contributed by atoms with Gasteiger partial charge in [0.2, 0.25) is 5.95 Å². The molecule has 0 unspecified atom stereocenters. The Balaban J connectivity index is 2.24. The average Bonchev–Trinajstić information content (AvgIpc) is 2.85. The van der Waals surface area contributed by atoms with Gasteiger partial charge >= 0.3 is 0 Å². The Kier molecular flexibility index (Phi) is 3.09. The predicted octanol–water partition coefficient (Wildman–Crippen LogP) is 2.34. The lowest BCUT2D eigenvalue weighted by Crippen LogP contribution is -2.31. The van der Waals surface area contributed by atoms with E-state index in [1.165, 1.54) is 25.7 Å². The van der Waals surface area contributed by atoms with Crippen LogP contribution in [0.2, 0.25) is 0 Å². The summed E-state index contributed by atoms with van der Waals surface area (Å²) in [4.78, 5) is 2.27. The minimum atomic E-state index is 0.639. The van der Waals surface area contributed by atoms with Crippen molar-refractivity contribution in [2.24, 2.45) is 0 Å². The largest absolute Gasteiger partial charge is 0.341 e. The van der Waals surface area contributed by atoms with Gasteiger partial charge in [-0.25, -0.2) is 5.10 Å². The number of aromatic amines is 1. The van der Waals surface area contributed by atoms with Crippen LogP contribution in [0.25, 0.3) is 0 Å². The van der Waals surface area contributed by atoms with Crippen LogP contribution >= 0.6 is 12.2 Å². The molecule has 0 atom stereocenters. The lowest BCUT2D eigenvalue weighted by molar-refractivity contribution is 0.613. The number of H-pyrrole nitrogens is 1. The maximum Gasteiger partial charge on any atom is 0.225 e. The second-order valence-electron chi connectivity index (χ2n) is 4.12. The van der Waals surface area contributed by atoms with Crippen LogP contribution < -0.4 is 4.90 Å². The van der Waals surface area contributed by atoms with Gasteiger partial charge in [-0.05, 0) is 32.0 Å². The average molecular weight is 226 g/mol. The number of aromatic nitrogens is 3. The second-order valence-corrected chi connectivity index (χ2v) is 4.51. The molecule has 0 amide bonds. The molecule has 0 spiro atoms. The number of anilines is 1. The van der Waals surface area contributed by atoms with Crippen LogP contribution in [0.15, 0.2) is 0 Å². The van der Waals surface area contributed by atoms with Gasteiger partial charge in [0.05, 0.1) is 0 Å². The highest BCUT2D eigenvalue weighted by atomic mass is 32.1. The molecule has 1 N–H and O–H groups in total. The minimum absolute atomic E-state index is 0.639. The number of rotatable bonds is 3. The fourth-order valence-electron chi connectivity index (χ4n) is 2.32. The van der Waals surface area contributed by atoms with Gasteiger partial charge in [0.1, 0.15) is 0 Å². The van der Waals surface area contributed by atoms with Crippen molar-refractivity contribution in [2.75, 3.05) is 11.9 Å². The Morgan fingerprint density at radius 3 is 2.80 bits per heavy atom. The molecular formula is C10H18N4S. The molecule has 1 fully saturated rings. The monoisotopic (exact) mass is 226 g/mol. The summed E-state index contributed by atoms with van der Waals surface area (Å²) in [6, 6.07) is 0.639. The molecule has 84 valence electrons. The summed E-state index contributed by atoms with van der Waals surface area (Å²) in [5.74, 6) is 0.981. The quantitative estimate of drug-likeness (QED) is 0.804. The van der Waals surface area contributed by atoms with E-state index in [0.717, 1.165) is 17.3 Å². The van der Waals surface area contributed by atoms with Crippen molar-refractivity contribution < 1.29 is 0 Å². The number of nitrogens with one attached hydrogen (secondary N) is 1. The minimum Gasteiger partial charge on any atom is -0.341 e. The van der Waals surface area contributed by atoms with E-state index in [9.17, 15) is 0 Å². The Morgan fingerprint density at radius 1 is 1.53 bits per heavy atom. The van der Waals surface area contributed by atoms with Gasteiger partial charge in [0, 0.05) is 19.6 Å². The number of nitrogens with zero attached hydrogens (tertiary/aromatic N) is 3. The van der Waals surface area contributed by atoms with Gasteiger partial charge in [-0.1, -0.05) is 12.8 Å². The third-order valence-electron chi connectivity index (χ3n) is 3.24. The molecule has 15 heavy (non-hydrogen) atoms. The van der Waals surface area contributed by atoms with Gasteiger partial charge in [0.25, 0.3) is 0 Å². The Hall–Kier alpha value is -0.840. The van der Waals surface area contributed by atoms with Gasteiger partial charge < -0.3 is 4.90 Å². The van der Waals surface area contributed by atoms with E-state index in [2.05, 4.69) is 29.1 Å². The van der Waals surface area contributed by atoms with Crippen LogP contribution in [0.3, 0.4) is 0 Å². The highest BCUT2D eigenvalue weighted by molar-refractivity contribution is 7.71. The molecule has 1 aromatic rings. The highest BCUT2D eigenvalue weighted by Gasteiger charge is 2.22. The summed E-state index contributed by atoms with van der Waals surface area (Å²) in [6.07, 6.45) is 5.23. The summed E-state index contributed by atoms with van der Waals surface area (Å²) in [5.41, 5.74) is 0. The van der Waals surface area contributed by atoms with Crippen molar-refractivity contribution in [3.63, 3.8) is 0 Å². The van der Waals surface area contributed by atoms with Crippen molar-refractivity contribution in [3.05, 3.63) is 4.77 Å². The lowest BCUT2D eigenvalue weighted by Gasteiger charge is -2.25. The molecule has 0 radical (unpaired) electrons. The first kappa shape index (κ1) is 10.7. The Bertz CT molecular complexity index is 375. The highest BCUT2D eigenvalue weighted by Crippen LogP contribution is 2.25. The Morgan fingerprint density at radius 2 is 2.20 bits per heavy atom. The van der Waals surface area contributed by atoms with Crippen LogP contribution in [0.1, 0.15) is 32.6 Å². The third-order valence-corrected chi connectivity index (χ3v) is 3.55. The number of hydrogen-bond donors (Lipinski definition) is 1. The smallest absolute Gasteiger partial charge is 0.225 e. The van der Waals surface area contributed by atoms with E-state index in [1.807, 2.05) is 4.57 Å². The van der Waals surface area contributed by atoms with E-state index < -0.39 is 0 Å². The topological polar surface area (TPSA) is 36.9 Å². The first-order valence-electron chi connectivity index (χ1n) is 5.62. The van der Waals surface area contributed by atoms with Crippen molar-refractivity contribution in [3.8, 4) is 0 Å². The third kappa shape index (κ3) is 1.93. The maximum absolute atomic E-state index is 5.18. The molecule has 1 heterocycles. The van der Waals surface area contributed by atoms with E-state index in [4.69, 9.17) is 12.2 Å². The summed E-state index contributed by atoms with van der Waals surface area (Å²) >= 11 is 5.18. The number of hydrogen-bond acceptors (Lipinski definition) is 3. The molecule has 1 aromatic heterocycles. The van der Waals surface area contributed by atoms with E-state index in [-0.39, 0.29) is 0 Å². The molecule has 0 aliphatic heterocycles. The first-order chi connectivity index (χ1) is 7.24. The molecular weight excluding hydrogens is 208 g/mol. The molecule has 2 rings (SSSR count). The Labute approximate surface area is 95.3 Å². The van der Waals surface area contributed by atoms with Crippen LogP contribution in [0.5, 0.6) is 0 Å². The van der Waals surface area contributed by atoms with Crippen LogP contribution in [0.4, 0.5) is 5.95 Å². The van der Waals surface area contributed by atoms with Crippen LogP contribution in [-0.4, -0.2) is 27.9 Å². The zero-order chi connectivity index (χ0) is 10.8. The molecule has 0 saturated heterocycles. The van der Waals surface area contributed by atoms with Crippen molar-refractivity contribution in [2.45, 2.75) is 45.2 Å². The fraction of sp³-hybridized carbons (Fsp3) is 0.800. The molecule has 4 nitrogen and oxygen atoms in total. The molecule has 1 saturated carbocycles. The molecule has 5 heteroatoms. The van der Waals surface area contributed by atoms with Gasteiger partial charge in [-0.15, -0.1) is 5.10 Å². The lowest BCUT2D eigenvalue weighted by atomic mass is 10.2. The normalized spacial score (nSPS) is 17.2. The summed E-state index contributed by atoms with van der Waals surface area (Å²) in [5, 5.41) is 7.17. The SMILES string of the molecule is CCn1c(N(C)C2CCCC2)n[nH]c1=S. The zero-order valence-corrected chi connectivity index (χ0v) is 10.2. The van der Waals surface area contributed by atoms with E-state index in [1.54, 1.807) is 0 Å². The van der Waals surface area contributed by atoms with Crippen molar-refractivity contribution >= 4 is 18.2 Å². The maximum atomic E-state index is 5.18. The summed E-state index contributed by atoms with van der Waals surface area (Å²) in [6.45, 7) is 2.97. The van der Waals surface area contributed by atoms with Crippen LogP contribution in [-0.2, 0) is 6.54 Å². The van der Waals surface area contributed by atoms with Crippen LogP contribution in [0, 0.1) is 4.77 Å². The zero-order valence-electron chi connectivity index (χ0n) is 9.36. The predicted molar refractivity (Wildman–Crippen MR) is 63.7 cm³/mol. The fourth-order valence-corrected chi connectivity index (χ4v) is 2.57.